The largest absolute Gasteiger partial charge is 0.436 e. The minimum Gasteiger partial charge on any atom is -0.436 e. The van der Waals surface area contributed by atoms with Crippen LogP contribution in [0.2, 0.25) is 0 Å². The van der Waals surface area contributed by atoms with Crippen molar-refractivity contribution in [3.63, 3.8) is 0 Å². The van der Waals surface area contributed by atoms with Gasteiger partial charge in [-0.2, -0.15) is 11.8 Å². The third-order valence-electron chi connectivity index (χ3n) is 6.95. The fourth-order valence-electron chi connectivity index (χ4n) is 4.75. The van der Waals surface area contributed by atoms with Crippen LogP contribution in [0.3, 0.4) is 0 Å². The number of carbonyl (C=O) groups excluding carboxylic acids is 1. The van der Waals surface area contributed by atoms with Gasteiger partial charge in [-0.05, 0) is 62.9 Å². The van der Waals surface area contributed by atoms with Gasteiger partial charge in [-0.3, -0.25) is 4.79 Å². The van der Waals surface area contributed by atoms with E-state index >= 15 is 0 Å². The molecule has 2 aliphatic rings. The summed E-state index contributed by atoms with van der Waals surface area (Å²) in [5.41, 5.74) is 0. The zero-order chi connectivity index (χ0) is 24.7. The van der Waals surface area contributed by atoms with Crippen molar-refractivity contribution in [2.24, 2.45) is 0 Å². The van der Waals surface area contributed by atoms with Crippen molar-refractivity contribution >= 4 is 17.7 Å². The highest BCUT2D eigenvalue weighted by atomic mass is 32.2. The Kier molecular flexibility index (Phi) is 20.2. The van der Waals surface area contributed by atoms with E-state index in [1.165, 1.54) is 95.0 Å². The molecule has 0 N–H and O–H groups in total. The average Bonchev–Trinajstić information content (AvgIpc) is 2.88. The Morgan fingerprint density at radius 1 is 0.629 bits per heavy atom. The molecule has 2 saturated heterocycles. The van der Waals surface area contributed by atoms with Crippen LogP contribution in [-0.2, 0) is 23.7 Å². The Hall–Kier alpha value is -0.300. The van der Waals surface area contributed by atoms with Crippen LogP contribution in [-0.4, -0.2) is 49.9 Å². The summed E-state index contributed by atoms with van der Waals surface area (Å²) in [4.78, 5) is 11.8. The summed E-state index contributed by atoms with van der Waals surface area (Å²) in [5, 5.41) is 0. The second-order valence-corrected chi connectivity index (χ2v) is 11.5. The molecule has 2 atom stereocenters. The number of thioether (sulfide) groups is 1. The predicted molar refractivity (Wildman–Crippen MR) is 146 cm³/mol. The molecule has 6 heteroatoms. The van der Waals surface area contributed by atoms with E-state index in [0.717, 1.165) is 64.8 Å². The van der Waals surface area contributed by atoms with Crippen LogP contribution >= 0.6 is 11.8 Å². The standard InChI is InChI=1S/C29H54O5S/c30-27(34-29-21-14-16-23-33-29)19-12-10-8-6-4-2-1-3-5-7-9-11-17-25-35-26-18-24-32-28-20-13-15-22-31-28/h28-29H,1-26H2. The molecule has 0 aliphatic carbocycles. The molecule has 2 unspecified atom stereocenters. The number of unbranched alkanes of at least 4 members (excludes halogenated alkanes) is 12. The normalized spacial score (nSPS) is 20.7. The maximum Gasteiger partial charge on any atom is 0.308 e. The molecule has 0 aromatic carbocycles. The van der Waals surface area contributed by atoms with Crippen LogP contribution in [0.1, 0.15) is 135 Å². The monoisotopic (exact) mass is 514 g/mol. The molecule has 0 aromatic rings. The molecule has 2 heterocycles. The molecule has 5 nitrogen and oxygen atoms in total. The fraction of sp³-hybridized carbons (Fsp3) is 0.966. The zero-order valence-electron chi connectivity index (χ0n) is 22.5. The molecular formula is C29H54O5S. The Morgan fingerprint density at radius 2 is 1.14 bits per heavy atom. The van der Waals surface area contributed by atoms with Crippen LogP contribution < -0.4 is 0 Å². The first kappa shape index (κ1) is 30.9. The molecule has 2 aliphatic heterocycles. The minimum absolute atomic E-state index is 0.0736. The van der Waals surface area contributed by atoms with E-state index in [-0.39, 0.29) is 18.5 Å². The van der Waals surface area contributed by atoms with Gasteiger partial charge in [0, 0.05) is 19.4 Å². The molecule has 0 aromatic heterocycles. The lowest BCUT2D eigenvalue weighted by atomic mass is 10.0. The maximum absolute atomic E-state index is 11.8. The van der Waals surface area contributed by atoms with Crippen LogP contribution in [0, 0.1) is 0 Å². The summed E-state index contributed by atoms with van der Waals surface area (Å²) in [5.74, 6) is 2.44. The van der Waals surface area contributed by atoms with Crippen molar-refractivity contribution in [2.45, 2.75) is 147 Å². The number of ether oxygens (including phenoxy) is 4. The van der Waals surface area contributed by atoms with Gasteiger partial charge < -0.3 is 18.9 Å². The van der Waals surface area contributed by atoms with Crippen LogP contribution in [0.4, 0.5) is 0 Å². The van der Waals surface area contributed by atoms with E-state index in [0.29, 0.717) is 6.42 Å². The van der Waals surface area contributed by atoms with Crippen molar-refractivity contribution in [2.75, 3.05) is 31.3 Å². The van der Waals surface area contributed by atoms with E-state index in [1.807, 2.05) is 0 Å². The van der Waals surface area contributed by atoms with Crippen molar-refractivity contribution < 1.29 is 23.7 Å². The number of hydrogen-bond donors (Lipinski definition) is 0. The maximum atomic E-state index is 11.8. The van der Waals surface area contributed by atoms with Crippen LogP contribution in [0.5, 0.6) is 0 Å². The Balaban J connectivity index is 1.19. The average molecular weight is 515 g/mol. The number of hydrogen-bond acceptors (Lipinski definition) is 6. The van der Waals surface area contributed by atoms with E-state index in [2.05, 4.69) is 11.8 Å². The molecule has 0 bridgehead atoms. The molecule has 0 spiro atoms. The first-order valence-electron chi connectivity index (χ1n) is 15.0. The third kappa shape index (κ3) is 18.6. The minimum atomic E-state index is -0.280. The molecule has 2 rings (SSSR count). The SMILES string of the molecule is O=C(CCCCCCCCCCCCCCCSCCCOC1CCCCO1)OC1CCCCO1. The van der Waals surface area contributed by atoms with E-state index < -0.39 is 0 Å². The Morgan fingerprint density at radius 3 is 1.71 bits per heavy atom. The van der Waals surface area contributed by atoms with Gasteiger partial charge in [0.1, 0.15) is 0 Å². The first-order valence-corrected chi connectivity index (χ1v) is 16.1. The molecule has 0 amide bonds. The zero-order valence-corrected chi connectivity index (χ0v) is 23.3. The molecule has 0 saturated carbocycles. The number of carbonyl (C=O) groups is 1. The predicted octanol–water partition coefficient (Wildman–Crippen LogP) is 8.18. The van der Waals surface area contributed by atoms with Gasteiger partial charge in [0.05, 0.1) is 13.2 Å². The quantitative estimate of drug-likeness (QED) is 0.107. The lowest BCUT2D eigenvalue weighted by molar-refractivity contribution is -0.186. The summed E-state index contributed by atoms with van der Waals surface area (Å²) in [6.07, 6.45) is 25.1. The van der Waals surface area contributed by atoms with Crippen molar-refractivity contribution in [1.82, 2.24) is 0 Å². The van der Waals surface area contributed by atoms with Gasteiger partial charge in [0.15, 0.2) is 6.29 Å². The fourth-order valence-corrected chi connectivity index (χ4v) is 5.68. The first-order chi connectivity index (χ1) is 17.3. The highest BCUT2D eigenvalue weighted by molar-refractivity contribution is 7.99. The van der Waals surface area contributed by atoms with Gasteiger partial charge in [-0.15, -0.1) is 0 Å². The van der Waals surface area contributed by atoms with Crippen LogP contribution in [0.25, 0.3) is 0 Å². The Bertz CT molecular complexity index is 478. The van der Waals surface area contributed by atoms with Gasteiger partial charge in [0.2, 0.25) is 6.29 Å². The lowest BCUT2D eigenvalue weighted by Gasteiger charge is -2.22. The number of rotatable bonds is 22. The van der Waals surface area contributed by atoms with Crippen LogP contribution in [0.15, 0.2) is 0 Å². The summed E-state index contributed by atoms with van der Waals surface area (Å²) in [6.45, 7) is 2.45. The van der Waals surface area contributed by atoms with Crippen molar-refractivity contribution in [3.8, 4) is 0 Å². The van der Waals surface area contributed by atoms with Gasteiger partial charge in [-0.1, -0.05) is 70.6 Å². The smallest absolute Gasteiger partial charge is 0.308 e. The van der Waals surface area contributed by atoms with Crippen molar-refractivity contribution in [3.05, 3.63) is 0 Å². The molecule has 0 radical (unpaired) electrons. The second kappa shape index (κ2) is 22.9. The van der Waals surface area contributed by atoms with Crippen molar-refractivity contribution in [1.29, 1.82) is 0 Å². The third-order valence-corrected chi connectivity index (χ3v) is 8.10. The van der Waals surface area contributed by atoms with Gasteiger partial charge in [0.25, 0.3) is 0 Å². The highest BCUT2D eigenvalue weighted by Gasteiger charge is 2.17. The lowest BCUT2D eigenvalue weighted by Crippen LogP contribution is -2.25. The Labute approximate surface area is 220 Å². The van der Waals surface area contributed by atoms with E-state index in [4.69, 9.17) is 18.9 Å². The summed E-state index contributed by atoms with van der Waals surface area (Å²) < 4.78 is 22.2. The molecule has 206 valence electrons. The highest BCUT2D eigenvalue weighted by Crippen LogP contribution is 2.17. The topological polar surface area (TPSA) is 54.0 Å². The van der Waals surface area contributed by atoms with Gasteiger partial charge >= 0.3 is 5.97 Å². The van der Waals surface area contributed by atoms with E-state index in [9.17, 15) is 4.79 Å². The van der Waals surface area contributed by atoms with E-state index in [1.54, 1.807) is 0 Å². The summed E-state index contributed by atoms with van der Waals surface area (Å²) in [6, 6.07) is 0. The second-order valence-electron chi connectivity index (χ2n) is 10.3. The van der Waals surface area contributed by atoms with Gasteiger partial charge in [-0.25, -0.2) is 0 Å². The molecule has 2 fully saturated rings. The molecular weight excluding hydrogens is 460 g/mol. The summed E-state index contributed by atoms with van der Waals surface area (Å²) in [7, 11) is 0. The number of esters is 1. The summed E-state index contributed by atoms with van der Waals surface area (Å²) >= 11 is 2.08. The molecule has 35 heavy (non-hydrogen) atoms.